The first-order valence-corrected chi connectivity index (χ1v) is 10.1. The zero-order valence-corrected chi connectivity index (χ0v) is 16.1. The third kappa shape index (κ3) is 2.88. The molecule has 5 rings (SSSR count). The van der Waals surface area contributed by atoms with Crippen LogP contribution in [0, 0.1) is 12.3 Å². The first kappa shape index (κ1) is 17.1. The monoisotopic (exact) mass is 390 g/mol. The van der Waals surface area contributed by atoms with Gasteiger partial charge in [0.2, 0.25) is 6.79 Å². The average Bonchev–Trinajstić information content (AvgIpc) is 3.30. The molecule has 5 nitrogen and oxygen atoms in total. The van der Waals surface area contributed by atoms with Gasteiger partial charge in [0.05, 0.1) is 16.8 Å². The van der Waals surface area contributed by atoms with Crippen LogP contribution in [0.25, 0.3) is 10.2 Å². The van der Waals surface area contributed by atoms with Crippen molar-refractivity contribution in [3.05, 3.63) is 51.8 Å². The summed E-state index contributed by atoms with van der Waals surface area (Å²) in [7, 11) is 0. The van der Waals surface area contributed by atoms with Crippen LogP contribution in [0.2, 0.25) is 0 Å². The third-order valence-electron chi connectivity index (χ3n) is 5.22. The molecule has 28 heavy (non-hydrogen) atoms. The van der Waals surface area contributed by atoms with E-state index in [0.29, 0.717) is 28.4 Å². The number of hydrogen-bond donors (Lipinski definition) is 0. The molecule has 2 heterocycles. The van der Waals surface area contributed by atoms with Crippen LogP contribution in [0.15, 0.2) is 35.3 Å². The van der Waals surface area contributed by atoms with Crippen molar-refractivity contribution in [1.82, 2.24) is 4.57 Å². The maximum atomic E-state index is 12.9. The predicted octanol–water partition coefficient (Wildman–Crippen LogP) is 3.68. The molecule has 2 aromatic carbocycles. The van der Waals surface area contributed by atoms with E-state index in [-0.39, 0.29) is 12.7 Å². The number of amides is 1. The molecule has 0 N–H and O–H groups in total. The Kier molecular flexibility index (Phi) is 4.18. The molecule has 1 aromatic heterocycles. The van der Waals surface area contributed by atoms with E-state index >= 15 is 0 Å². The van der Waals surface area contributed by atoms with Gasteiger partial charge in [-0.3, -0.25) is 4.79 Å². The molecule has 0 spiro atoms. The molecule has 0 saturated heterocycles. The van der Waals surface area contributed by atoms with Gasteiger partial charge in [0, 0.05) is 17.7 Å². The van der Waals surface area contributed by atoms with Gasteiger partial charge in [-0.05, 0) is 48.9 Å². The average molecular weight is 390 g/mol. The largest absolute Gasteiger partial charge is 0.454 e. The van der Waals surface area contributed by atoms with Gasteiger partial charge in [-0.1, -0.05) is 23.3 Å². The Bertz CT molecular complexity index is 1210. The van der Waals surface area contributed by atoms with Crippen molar-refractivity contribution in [1.29, 1.82) is 0 Å². The number of fused-ring (bicyclic) bond motifs is 3. The van der Waals surface area contributed by atoms with Gasteiger partial charge in [-0.15, -0.1) is 6.42 Å². The predicted molar refractivity (Wildman–Crippen MR) is 108 cm³/mol. The molecule has 1 amide bonds. The highest BCUT2D eigenvalue weighted by Gasteiger charge is 2.18. The smallest absolute Gasteiger partial charge is 0.279 e. The maximum Gasteiger partial charge on any atom is 0.279 e. The molecular weight excluding hydrogens is 372 g/mol. The molecule has 6 heteroatoms. The molecular formula is C22H18N2O3S. The van der Waals surface area contributed by atoms with Crippen molar-refractivity contribution in [2.24, 2.45) is 4.99 Å². The van der Waals surface area contributed by atoms with Gasteiger partial charge >= 0.3 is 0 Å². The van der Waals surface area contributed by atoms with Gasteiger partial charge in [-0.25, -0.2) is 0 Å². The summed E-state index contributed by atoms with van der Waals surface area (Å²) in [5.74, 6) is 3.79. The molecule has 0 saturated carbocycles. The Morgan fingerprint density at radius 1 is 1.14 bits per heavy atom. The highest BCUT2D eigenvalue weighted by Crippen LogP contribution is 2.37. The van der Waals surface area contributed by atoms with E-state index in [2.05, 4.69) is 17.0 Å². The molecule has 2 aliphatic rings. The summed E-state index contributed by atoms with van der Waals surface area (Å²) in [6.45, 7) is 0.547. The fourth-order valence-corrected chi connectivity index (χ4v) is 4.84. The summed E-state index contributed by atoms with van der Waals surface area (Å²) in [6, 6.07) is 9.75. The van der Waals surface area contributed by atoms with E-state index in [1.165, 1.54) is 35.3 Å². The second kappa shape index (κ2) is 6.84. The Morgan fingerprint density at radius 2 is 1.93 bits per heavy atom. The van der Waals surface area contributed by atoms with E-state index in [1.54, 1.807) is 0 Å². The van der Waals surface area contributed by atoms with Crippen LogP contribution in [0.1, 0.15) is 34.3 Å². The minimum atomic E-state index is -0.245. The maximum absolute atomic E-state index is 12.9. The Balaban J connectivity index is 1.60. The lowest BCUT2D eigenvalue weighted by Crippen LogP contribution is -2.16. The lowest BCUT2D eigenvalue weighted by molar-refractivity contribution is 0.0997. The van der Waals surface area contributed by atoms with Crippen molar-refractivity contribution >= 4 is 27.5 Å². The number of thiazole rings is 1. The van der Waals surface area contributed by atoms with Crippen LogP contribution in [0.4, 0.5) is 0 Å². The molecule has 3 aromatic rings. The summed E-state index contributed by atoms with van der Waals surface area (Å²) >= 11 is 1.43. The number of rotatable bonds is 2. The molecule has 0 atom stereocenters. The fraction of sp³-hybridized carbons (Fsp3) is 0.273. The standard InChI is InChI=1S/C22H18N2O3S/c1-2-9-24-17-11-18-19(27-13-26-18)12-20(17)28-22(24)23-21(25)16-8-7-14-5-3-4-6-15(14)10-16/h1,7-8,10-12H,3-6,9,13H2. The van der Waals surface area contributed by atoms with E-state index in [1.807, 2.05) is 28.8 Å². The Hall–Kier alpha value is -3.04. The minimum absolute atomic E-state index is 0.218. The van der Waals surface area contributed by atoms with Crippen LogP contribution in [-0.2, 0) is 19.4 Å². The lowest BCUT2D eigenvalue weighted by Gasteiger charge is -2.15. The number of ether oxygens (including phenoxy) is 2. The van der Waals surface area contributed by atoms with Crippen LogP contribution >= 0.6 is 11.3 Å². The first-order chi connectivity index (χ1) is 13.7. The van der Waals surface area contributed by atoms with Gasteiger partial charge in [-0.2, -0.15) is 4.99 Å². The number of benzene rings is 2. The van der Waals surface area contributed by atoms with Crippen molar-refractivity contribution < 1.29 is 14.3 Å². The van der Waals surface area contributed by atoms with Gasteiger partial charge in [0.25, 0.3) is 5.91 Å². The number of aromatic nitrogens is 1. The van der Waals surface area contributed by atoms with Crippen molar-refractivity contribution in [3.8, 4) is 23.8 Å². The summed E-state index contributed by atoms with van der Waals surface area (Å²) in [5, 5.41) is 0. The fourth-order valence-electron chi connectivity index (χ4n) is 3.81. The summed E-state index contributed by atoms with van der Waals surface area (Å²) in [6.07, 6.45) is 10.1. The van der Waals surface area contributed by atoms with E-state index in [0.717, 1.165) is 23.1 Å². The van der Waals surface area contributed by atoms with E-state index < -0.39 is 0 Å². The quantitative estimate of drug-likeness (QED) is 0.627. The van der Waals surface area contributed by atoms with Gasteiger partial charge in [0.1, 0.15) is 0 Å². The zero-order chi connectivity index (χ0) is 19.1. The summed E-state index contributed by atoms with van der Waals surface area (Å²) < 4.78 is 13.8. The molecule has 0 fully saturated rings. The van der Waals surface area contributed by atoms with Gasteiger partial charge < -0.3 is 14.0 Å². The van der Waals surface area contributed by atoms with E-state index in [4.69, 9.17) is 15.9 Å². The molecule has 1 aliphatic carbocycles. The lowest BCUT2D eigenvalue weighted by atomic mass is 9.90. The Labute approximate surface area is 166 Å². The topological polar surface area (TPSA) is 52.8 Å². The molecule has 1 aliphatic heterocycles. The number of hydrogen-bond acceptors (Lipinski definition) is 4. The number of aryl methyl sites for hydroxylation is 2. The zero-order valence-electron chi connectivity index (χ0n) is 15.2. The second-order valence-corrected chi connectivity index (χ2v) is 7.96. The molecule has 140 valence electrons. The van der Waals surface area contributed by atoms with Crippen LogP contribution in [-0.4, -0.2) is 17.3 Å². The van der Waals surface area contributed by atoms with Gasteiger partial charge in [0.15, 0.2) is 16.3 Å². The molecule has 0 bridgehead atoms. The normalized spacial score (nSPS) is 15.5. The summed E-state index contributed by atoms with van der Waals surface area (Å²) in [4.78, 5) is 17.8. The Morgan fingerprint density at radius 3 is 2.75 bits per heavy atom. The van der Waals surface area contributed by atoms with Crippen LogP contribution in [0.5, 0.6) is 11.5 Å². The van der Waals surface area contributed by atoms with Crippen molar-refractivity contribution in [2.45, 2.75) is 32.2 Å². The molecule has 0 unspecified atom stereocenters. The number of carbonyl (C=O) groups is 1. The minimum Gasteiger partial charge on any atom is -0.454 e. The highest BCUT2D eigenvalue weighted by molar-refractivity contribution is 7.16. The SMILES string of the molecule is C#CCn1c(=NC(=O)c2ccc3c(c2)CCCC3)sc2cc3c(cc21)OCO3. The third-order valence-corrected chi connectivity index (χ3v) is 6.26. The first-order valence-electron chi connectivity index (χ1n) is 9.30. The van der Waals surface area contributed by atoms with Crippen molar-refractivity contribution in [3.63, 3.8) is 0 Å². The summed E-state index contributed by atoms with van der Waals surface area (Å²) in [5.41, 5.74) is 4.14. The highest BCUT2D eigenvalue weighted by atomic mass is 32.1. The molecule has 0 radical (unpaired) electrons. The number of terminal acetylenes is 1. The number of carbonyl (C=O) groups excluding carboxylic acids is 1. The van der Waals surface area contributed by atoms with Crippen LogP contribution < -0.4 is 14.3 Å². The number of nitrogens with zero attached hydrogens (tertiary/aromatic N) is 2. The second-order valence-electron chi connectivity index (χ2n) is 6.96. The van der Waals surface area contributed by atoms with E-state index in [9.17, 15) is 4.79 Å². The van der Waals surface area contributed by atoms with Crippen LogP contribution in [0.3, 0.4) is 0 Å². The van der Waals surface area contributed by atoms with Crippen molar-refractivity contribution in [2.75, 3.05) is 6.79 Å².